The molecule has 0 spiro atoms. The first-order valence-corrected chi connectivity index (χ1v) is 4.97. The number of hydrogen-bond donors (Lipinski definition) is 1. The summed E-state index contributed by atoms with van der Waals surface area (Å²) in [5.74, 6) is -0.415. The molecule has 15 heavy (non-hydrogen) atoms. The molecule has 1 aromatic carbocycles. The summed E-state index contributed by atoms with van der Waals surface area (Å²) in [6.07, 6.45) is 2.85. The van der Waals surface area contributed by atoms with Gasteiger partial charge in [0.15, 0.2) is 0 Å². The Balaban J connectivity index is 2.51. The molecule has 0 aliphatic heterocycles. The number of primary amides is 1. The van der Waals surface area contributed by atoms with Gasteiger partial charge < -0.3 is 10.3 Å². The first kappa shape index (κ1) is 9.71. The van der Waals surface area contributed by atoms with E-state index in [9.17, 15) is 4.79 Å². The number of hydrogen-bond acceptors (Lipinski definition) is 2. The van der Waals surface area contributed by atoms with E-state index in [-0.39, 0.29) is 0 Å². The van der Waals surface area contributed by atoms with Gasteiger partial charge in [-0.25, -0.2) is 4.98 Å². The van der Waals surface area contributed by atoms with Crippen molar-refractivity contribution in [2.45, 2.75) is 19.9 Å². The molecule has 0 fully saturated rings. The number of nitrogens with two attached hydrogens (primary N) is 1. The monoisotopic (exact) mass is 203 g/mol. The third-order valence-corrected chi connectivity index (χ3v) is 2.37. The zero-order valence-electron chi connectivity index (χ0n) is 8.60. The van der Waals surface area contributed by atoms with E-state index in [1.165, 1.54) is 0 Å². The molecule has 4 heteroatoms. The lowest BCUT2D eigenvalue weighted by atomic mass is 10.2. The van der Waals surface area contributed by atoms with Gasteiger partial charge >= 0.3 is 0 Å². The minimum Gasteiger partial charge on any atom is -0.366 e. The molecule has 0 saturated carbocycles. The van der Waals surface area contributed by atoms with Crippen LogP contribution >= 0.6 is 0 Å². The van der Waals surface area contributed by atoms with Crippen LogP contribution < -0.4 is 5.73 Å². The van der Waals surface area contributed by atoms with Gasteiger partial charge in [-0.15, -0.1) is 0 Å². The van der Waals surface area contributed by atoms with Crippen LogP contribution in [0.5, 0.6) is 0 Å². The topological polar surface area (TPSA) is 60.9 Å². The van der Waals surface area contributed by atoms with Gasteiger partial charge in [-0.3, -0.25) is 4.79 Å². The van der Waals surface area contributed by atoms with Crippen LogP contribution in [-0.4, -0.2) is 15.5 Å². The molecule has 0 radical (unpaired) electrons. The second kappa shape index (κ2) is 3.73. The number of imidazole rings is 1. The maximum atomic E-state index is 11.0. The molecule has 2 aromatic rings. The molecule has 0 aliphatic carbocycles. The molecule has 0 bridgehead atoms. The summed E-state index contributed by atoms with van der Waals surface area (Å²) in [4.78, 5) is 15.2. The number of aromatic nitrogens is 2. The summed E-state index contributed by atoms with van der Waals surface area (Å²) in [5.41, 5.74) is 7.56. The van der Waals surface area contributed by atoms with Crippen LogP contribution in [0.4, 0.5) is 0 Å². The van der Waals surface area contributed by atoms with Crippen molar-refractivity contribution < 1.29 is 4.79 Å². The lowest BCUT2D eigenvalue weighted by Gasteiger charge is -2.01. The van der Waals surface area contributed by atoms with E-state index in [0.717, 1.165) is 24.0 Å². The number of carbonyl (C=O) groups is 1. The van der Waals surface area contributed by atoms with E-state index in [1.807, 2.05) is 6.07 Å². The van der Waals surface area contributed by atoms with Crippen molar-refractivity contribution >= 4 is 16.9 Å². The zero-order valence-corrected chi connectivity index (χ0v) is 8.60. The van der Waals surface area contributed by atoms with Crippen molar-refractivity contribution in [1.29, 1.82) is 0 Å². The van der Waals surface area contributed by atoms with Gasteiger partial charge in [0.1, 0.15) is 0 Å². The van der Waals surface area contributed by atoms with Crippen molar-refractivity contribution in [3.63, 3.8) is 0 Å². The Kier molecular flexibility index (Phi) is 2.41. The van der Waals surface area contributed by atoms with Gasteiger partial charge in [-0.2, -0.15) is 0 Å². The fourth-order valence-electron chi connectivity index (χ4n) is 1.64. The minimum absolute atomic E-state index is 0.415. The van der Waals surface area contributed by atoms with Crippen LogP contribution in [0, 0.1) is 0 Å². The van der Waals surface area contributed by atoms with E-state index >= 15 is 0 Å². The molecule has 0 atom stereocenters. The van der Waals surface area contributed by atoms with Gasteiger partial charge in [-0.05, 0) is 24.6 Å². The van der Waals surface area contributed by atoms with Gasteiger partial charge in [0, 0.05) is 12.1 Å². The second-order valence-electron chi connectivity index (χ2n) is 3.51. The number of amides is 1. The Hall–Kier alpha value is -1.84. The Labute approximate surface area is 87.7 Å². The molecule has 1 aromatic heterocycles. The van der Waals surface area contributed by atoms with E-state index in [0.29, 0.717) is 5.56 Å². The fourth-order valence-corrected chi connectivity index (χ4v) is 1.64. The average Bonchev–Trinajstić information content (AvgIpc) is 2.61. The van der Waals surface area contributed by atoms with Crippen LogP contribution in [0.15, 0.2) is 24.5 Å². The van der Waals surface area contributed by atoms with Crippen LogP contribution in [-0.2, 0) is 6.54 Å². The molecule has 4 nitrogen and oxygen atoms in total. The summed E-state index contributed by atoms with van der Waals surface area (Å²) >= 11 is 0. The first-order valence-electron chi connectivity index (χ1n) is 4.97. The highest BCUT2D eigenvalue weighted by molar-refractivity contribution is 5.96. The van der Waals surface area contributed by atoms with Crippen molar-refractivity contribution in [1.82, 2.24) is 9.55 Å². The fraction of sp³-hybridized carbons (Fsp3) is 0.273. The number of carbonyl (C=O) groups excluding carboxylic acids is 1. The van der Waals surface area contributed by atoms with Crippen LogP contribution in [0.1, 0.15) is 23.7 Å². The summed E-state index contributed by atoms with van der Waals surface area (Å²) in [7, 11) is 0. The Morgan fingerprint density at radius 3 is 3.00 bits per heavy atom. The molecule has 2 N–H and O–H groups in total. The molecule has 1 heterocycles. The number of rotatable bonds is 3. The lowest BCUT2D eigenvalue weighted by molar-refractivity contribution is 0.100. The van der Waals surface area contributed by atoms with Gasteiger partial charge in [0.25, 0.3) is 0 Å². The molecule has 0 unspecified atom stereocenters. The zero-order chi connectivity index (χ0) is 10.8. The number of fused-ring (bicyclic) bond motifs is 1. The summed E-state index contributed by atoms with van der Waals surface area (Å²) in [6.45, 7) is 3.05. The van der Waals surface area contributed by atoms with Crippen LogP contribution in [0.2, 0.25) is 0 Å². The highest BCUT2D eigenvalue weighted by Gasteiger charge is 2.05. The van der Waals surface area contributed by atoms with Gasteiger partial charge in [0.05, 0.1) is 17.4 Å². The largest absolute Gasteiger partial charge is 0.366 e. The summed E-state index contributed by atoms with van der Waals surface area (Å²) < 4.78 is 2.07. The number of nitrogens with zero attached hydrogens (tertiary/aromatic N) is 2. The molecule has 78 valence electrons. The standard InChI is InChI=1S/C11H13N3O/c1-2-5-14-7-13-9-6-8(11(12)15)3-4-10(9)14/h3-4,6-7H,2,5H2,1H3,(H2,12,15). The predicted octanol–water partition coefficient (Wildman–Crippen LogP) is 1.55. The van der Waals surface area contributed by atoms with Crippen molar-refractivity contribution in [3.05, 3.63) is 30.1 Å². The predicted molar refractivity (Wildman–Crippen MR) is 58.5 cm³/mol. The molecule has 0 saturated heterocycles. The SMILES string of the molecule is CCCn1cnc2cc(C(N)=O)ccc21. The summed E-state index contributed by atoms with van der Waals surface area (Å²) in [5, 5.41) is 0. The summed E-state index contributed by atoms with van der Waals surface area (Å²) in [6, 6.07) is 5.35. The normalized spacial score (nSPS) is 10.7. The van der Waals surface area contributed by atoms with Gasteiger partial charge in [-0.1, -0.05) is 6.92 Å². The molecule has 2 rings (SSSR count). The Bertz CT molecular complexity index is 502. The highest BCUT2D eigenvalue weighted by atomic mass is 16.1. The quantitative estimate of drug-likeness (QED) is 0.822. The van der Waals surface area contributed by atoms with Crippen LogP contribution in [0.3, 0.4) is 0 Å². The Morgan fingerprint density at radius 2 is 2.33 bits per heavy atom. The molecule has 1 amide bonds. The lowest BCUT2D eigenvalue weighted by Crippen LogP contribution is -2.10. The Morgan fingerprint density at radius 1 is 1.53 bits per heavy atom. The molecular formula is C11H13N3O. The van der Waals surface area contributed by atoms with Crippen molar-refractivity contribution in [2.75, 3.05) is 0 Å². The first-order chi connectivity index (χ1) is 7.22. The number of benzene rings is 1. The third kappa shape index (κ3) is 1.70. The van der Waals surface area contributed by atoms with Crippen LogP contribution in [0.25, 0.3) is 11.0 Å². The molecular weight excluding hydrogens is 190 g/mol. The van der Waals surface area contributed by atoms with Crippen molar-refractivity contribution in [2.24, 2.45) is 5.73 Å². The third-order valence-electron chi connectivity index (χ3n) is 2.37. The van der Waals surface area contributed by atoms with E-state index in [4.69, 9.17) is 5.73 Å². The maximum absolute atomic E-state index is 11.0. The van der Waals surface area contributed by atoms with Gasteiger partial charge in [0.2, 0.25) is 5.91 Å². The van der Waals surface area contributed by atoms with E-state index in [1.54, 1.807) is 18.5 Å². The van der Waals surface area contributed by atoms with E-state index < -0.39 is 5.91 Å². The minimum atomic E-state index is -0.415. The number of aryl methyl sites for hydroxylation is 1. The highest BCUT2D eigenvalue weighted by Crippen LogP contribution is 2.14. The molecule has 0 aliphatic rings. The average molecular weight is 203 g/mol. The second-order valence-corrected chi connectivity index (χ2v) is 3.51. The maximum Gasteiger partial charge on any atom is 0.248 e. The van der Waals surface area contributed by atoms with Crippen molar-refractivity contribution in [3.8, 4) is 0 Å². The smallest absolute Gasteiger partial charge is 0.248 e. The van der Waals surface area contributed by atoms with E-state index in [2.05, 4.69) is 16.5 Å².